The minimum absolute atomic E-state index is 0.102. The van der Waals surface area contributed by atoms with E-state index in [9.17, 15) is 43.2 Å². The molecular weight excluding hydrogens is 1270 g/mol. The van der Waals surface area contributed by atoms with Gasteiger partial charge in [0.25, 0.3) is 0 Å². The van der Waals surface area contributed by atoms with Crippen LogP contribution in [0, 0.1) is 0 Å². The summed E-state index contributed by atoms with van der Waals surface area (Å²) in [5, 5.41) is 10.6. The molecule has 572 valence electrons. The van der Waals surface area contributed by atoms with Crippen LogP contribution in [0.15, 0.2) is 24.3 Å². The summed E-state index contributed by atoms with van der Waals surface area (Å²) in [6.45, 7) is 4.94. The predicted octanol–water partition coefficient (Wildman–Crippen LogP) is 23.0. The molecular formula is C78H148O17P2. The number of aliphatic hydroxyl groups excluding tert-OH is 1. The van der Waals surface area contributed by atoms with Crippen LogP contribution in [0.25, 0.3) is 0 Å². The summed E-state index contributed by atoms with van der Waals surface area (Å²) in [7, 11) is -9.92. The second-order valence-electron chi connectivity index (χ2n) is 27.4. The lowest BCUT2D eigenvalue weighted by Crippen LogP contribution is -2.30. The maximum absolute atomic E-state index is 13.1. The number of aliphatic hydroxyl groups is 1. The molecule has 0 fully saturated rings. The molecule has 3 N–H and O–H groups in total. The number of allylic oxidation sites excluding steroid dienone is 4. The third-order valence-electron chi connectivity index (χ3n) is 17.7. The van der Waals surface area contributed by atoms with Crippen LogP contribution < -0.4 is 0 Å². The van der Waals surface area contributed by atoms with Crippen molar-refractivity contribution in [2.75, 3.05) is 39.6 Å². The summed E-state index contributed by atoms with van der Waals surface area (Å²) in [5.41, 5.74) is 0. The number of rotatable bonds is 77. The van der Waals surface area contributed by atoms with E-state index in [1.807, 2.05) is 0 Å². The summed E-state index contributed by atoms with van der Waals surface area (Å²) in [4.78, 5) is 72.9. The first-order chi connectivity index (χ1) is 47.2. The molecule has 0 aliphatic heterocycles. The van der Waals surface area contributed by atoms with Gasteiger partial charge in [-0.1, -0.05) is 341 Å². The summed E-state index contributed by atoms with van der Waals surface area (Å²) < 4.78 is 68.6. The van der Waals surface area contributed by atoms with Crippen molar-refractivity contribution < 1.29 is 80.2 Å². The second-order valence-corrected chi connectivity index (χ2v) is 30.3. The minimum atomic E-state index is -4.97. The molecule has 0 aromatic heterocycles. The quantitative estimate of drug-likeness (QED) is 0.0169. The Kier molecular flexibility index (Phi) is 70.1. The molecule has 0 amide bonds. The lowest BCUT2D eigenvalue weighted by atomic mass is 10.0. The summed E-state index contributed by atoms with van der Waals surface area (Å²) in [5.74, 6) is -2.14. The Morgan fingerprint density at radius 3 is 0.753 bits per heavy atom. The molecule has 0 rings (SSSR count). The van der Waals surface area contributed by atoms with E-state index in [4.69, 9.17) is 37.0 Å². The van der Waals surface area contributed by atoms with Crippen LogP contribution in [0.1, 0.15) is 394 Å². The Labute approximate surface area is 592 Å². The zero-order chi connectivity index (χ0) is 71.1. The first kappa shape index (κ1) is 94.5. The van der Waals surface area contributed by atoms with E-state index in [0.717, 1.165) is 109 Å². The lowest BCUT2D eigenvalue weighted by Gasteiger charge is -2.21. The van der Waals surface area contributed by atoms with Gasteiger partial charge in [-0.3, -0.25) is 37.3 Å². The Morgan fingerprint density at radius 1 is 0.289 bits per heavy atom. The van der Waals surface area contributed by atoms with E-state index in [1.54, 1.807) is 0 Å². The monoisotopic (exact) mass is 1420 g/mol. The highest BCUT2D eigenvalue weighted by Crippen LogP contribution is 2.45. The fraction of sp³-hybridized carbons (Fsp3) is 0.897. The number of phosphoric ester groups is 2. The fourth-order valence-electron chi connectivity index (χ4n) is 11.6. The normalized spacial score (nSPS) is 14.0. The van der Waals surface area contributed by atoms with Crippen LogP contribution in [0.3, 0.4) is 0 Å². The van der Waals surface area contributed by atoms with Crippen LogP contribution in [-0.4, -0.2) is 96.7 Å². The second kappa shape index (κ2) is 71.9. The van der Waals surface area contributed by atoms with Gasteiger partial charge in [0, 0.05) is 25.7 Å². The highest BCUT2D eigenvalue weighted by molar-refractivity contribution is 7.47. The van der Waals surface area contributed by atoms with Gasteiger partial charge in [-0.2, -0.15) is 0 Å². The number of carbonyl (C=O) groups excluding carboxylic acids is 4. The minimum Gasteiger partial charge on any atom is -0.462 e. The van der Waals surface area contributed by atoms with E-state index in [1.165, 1.54) is 205 Å². The van der Waals surface area contributed by atoms with Gasteiger partial charge in [0.2, 0.25) is 0 Å². The van der Waals surface area contributed by atoms with Crippen molar-refractivity contribution in [3.05, 3.63) is 24.3 Å². The van der Waals surface area contributed by atoms with Gasteiger partial charge in [0.15, 0.2) is 12.2 Å². The highest BCUT2D eigenvalue weighted by atomic mass is 31.2. The number of unbranched alkanes of at least 4 members (excludes halogenated alkanes) is 48. The standard InChI is InChI=1S/C78H148O17P2/c1-5-9-13-17-21-25-29-32-35-36-38-41-45-49-53-57-61-65-78(83)95-74(69-89-76(81)63-59-55-51-47-43-40-37-33-30-26-22-18-14-10-6-2)71-93-97(86,87)91-67-72(79)66-90-96(84,85)92-70-73(68-88-75(80)62-58-54-50-46-42-28-24-20-16-12-8-4)94-77(82)64-60-56-52-48-44-39-34-31-27-23-19-15-11-7-3/h26,30,33,37,72-74,79H,5-25,27-29,31-32,34-36,38-71H2,1-4H3,(H,84,85)(H,86,87)/b30-26-,37-33-/t72-,73+,74+/m0/s1. The fourth-order valence-corrected chi connectivity index (χ4v) is 13.1. The molecule has 0 saturated heterocycles. The number of carbonyl (C=O) groups is 4. The zero-order valence-electron chi connectivity index (χ0n) is 62.5. The summed E-state index contributed by atoms with van der Waals surface area (Å²) in [6.07, 6.45) is 65.8. The topological polar surface area (TPSA) is 237 Å². The molecule has 0 heterocycles. The van der Waals surface area contributed by atoms with Gasteiger partial charge in [-0.25, -0.2) is 9.13 Å². The predicted molar refractivity (Wildman–Crippen MR) is 395 cm³/mol. The number of esters is 4. The Balaban J connectivity index is 5.28. The van der Waals surface area contributed by atoms with Gasteiger partial charge in [0.1, 0.15) is 19.3 Å². The van der Waals surface area contributed by atoms with E-state index in [2.05, 4.69) is 52.0 Å². The smallest absolute Gasteiger partial charge is 0.462 e. The molecule has 97 heavy (non-hydrogen) atoms. The van der Waals surface area contributed by atoms with Crippen LogP contribution in [0.2, 0.25) is 0 Å². The van der Waals surface area contributed by atoms with E-state index in [0.29, 0.717) is 25.7 Å². The number of phosphoric acid groups is 2. The maximum Gasteiger partial charge on any atom is 0.472 e. The molecule has 17 nitrogen and oxygen atoms in total. The van der Waals surface area contributed by atoms with Gasteiger partial charge in [0.05, 0.1) is 26.4 Å². The van der Waals surface area contributed by atoms with Gasteiger partial charge in [-0.05, 0) is 51.4 Å². The average Bonchev–Trinajstić information content (AvgIpc) is 1.51. The molecule has 5 atom stereocenters. The average molecular weight is 1420 g/mol. The van der Waals surface area contributed by atoms with Gasteiger partial charge < -0.3 is 33.8 Å². The van der Waals surface area contributed by atoms with Crippen molar-refractivity contribution in [2.24, 2.45) is 0 Å². The Morgan fingerprint density at radius 2 is 0.495 bits per heavy atom. The maximum atomic E-state index is 13.1. The van der Waals surface area contributed by atoms with Gasteiger partial charge >= 0.3 is 39.5 Å². The summed E-state index contributed by atoms with van der Waals surface area (Å²) >= 11 is 0. The van der Waals surface area contributed by atoms with Crippen molar-refractivity contribution in [3.8, 4) is 0 Å². The van der Waals surface area contributed by atoms with Gasteiger partial charge in [-0.15, -0.1) is 0 Å². The van der Waals surface area contributed by atoms with Crippen molar-refractivity contribution in [1.29, 1.82) is 0 Å². The molecule has 0 aromatic carbocycles. The molecule has 0 aliphatic carbocycles. The van der Waals surface area contributed by atoms with Crippen molar-refractivity contribution in [2.45, 2.75) is 412 Å². The van der Waals surface area contributed by atoms with Crippen molar-refractivity contribution in [1.82, 2.24) is 0 Å². The summed E-state index contributed by atoms with van der Waals surface area (Å²) in [6, 6.07) is 0. The molecule has 0 aromatic rings. The first-order valence-electron chi connectivity index (χ1n) is 40.1. The van der Waals surface area contributed by atoms with Crippen LogP contribution in [0.5, 0.6) is 0 Å². The zero-order valence-corrected chi connectivity index (χ0v) is 64.3. The molecule has 0 bridgehead atoms. The Bertz CT molecular complexity index is 1940. The molecule has 0 saturated carbocycles. The molecule has 2 unspecified atom stereocenters. The molecule has 0 spiro atoms. The third kappa shape index (κ3) is 71.7. The van der Waals surface area contributed by atoms with Crippen LogP contribution in [-0.2, 0) is 65.4 Å². The molecule has 0 aliphatic rings. The van der Waals surface area contributed by atoms with Crippen molar-refractivity contribution in [3.63, 3.8) is 0 Å². The van der Waals surface area contributed by atoms with E-state index in [-0.39, 0.29) is 25.7 Å². The number of ether oxygens (including phenoxy) is 4. The number of hydrogen-bond donors (Lipinski definition) is 3. The largest absolute Gasteiger partial charge is 0.472 e. The van der Waals surface area contributed by atoms with E-state index < -0.39 is 97.5 Å². The van der Waals surface area contributed by atoms with Crippen LogP contribution >= 0.6 is 15.6 Å². The highest BCUT2D eigenvalue weighted by Gasteiger charge is 2.30. The number of hydrogen-bond acceptors (Lipinski definition) is 15. The molecule has 19 heteroatoms. The SMILES string of the molecule is CCCCCC/C=C\C=C/CCCCCCCC(=O)OC[C@H](COP(=O)(O)OC[C@@H](O)COP(=O)(O)OC[C@@H](COC(=O)CCCCCCCCCCCCC)OC(=O)CCCCCCCCCCCCCCCC)OC(=O)CCCCCCCCCCCCCCCCCCC. The lowest BCUT2D eigenvalue weighted by molar-refractivity contribution is -0.161. The first-order valence-corrected chi connectivity index (χ1v) is 43.1. The Hall–Kier alpha value is -2.46. The molecule has 0 radical (unpaired) electrons. The third-order valence-corrected chi connectivity index (χ3v) is 19.6. The van der Waals surface area contributed by atoms with Crippen LogP contribution in [0.4, 0.5) is 0 Å². The van der Waals surface area contributed by atoms with Crippen molar-refractivity contribution >= 4 is 39.5 Å². The van der Waals surface area contributed by atoms with E-state index >= 15 is 0 Å².